The largest absolute Gasteiger partial charge is 0.494 e. The van der Waals surface area contributed by atoms with Crippen LogP contribution in [-0.2, 0) is 6.42 Å². The number of aryl methyl sites for hydroxylation is 1. The molecule has 0 spiro atoms. The van der Waals surface area contributed by atoms with Gasteiger partial charge in [0.1, 0.15) is 5.75 Å². The molecule has 3 nitrogen and oxygen atoms in total. The highest BCUT2D eigenvalue weighted by Gasteiger charge is 2.16. The molecular formula is C20H28N2O. The molecule has 124 valence electrons. The third kappa shape index (κ3) is 4.49. The minimum atomic E-state index is 0.265. The van der Waals surface area contributed by atoms with Crippen LogP contribution < -0.4 is 15.4 Å². The van der Waals surface area contributed by atoms with Crippen molar-refractivity contribution in [2.75, 3.05) is 32.1 Å². The van der Waals surface area contributed by atoms with Gasteiger partial charge in [-0.3, -0.25) is 0 Å². The van der Waals surface area contributed by atoms with Crippen molar-refractivity contribution >= 4 is 5.69 Å². The van der Waals surface area contributed by atoms with E-state index in [2.05, 4.69) is 68.4 Å². The van der Waals surface area contributed by atoms with E-state index < -0.39 is 0 Å². The van der Waals surface area contributed by atoms with Crippen LogP contribution in [0.1, 0.15) is 29.5 Å². The summed E-state index contributed by atoms with van der Waals surface area (Å²) < 4.78 is 5.80. The molecule has 3 heteroatoms. The molecule has 0 aliphatic rings. The van der Waals surface area contributed by atoms with Gasteiger partial charge in [0, 0.05) is 25.7 Å². The molecule has 23 heavy (non-hydrogen) atoms. The first kappa shape index (κ1) is 17.4. The van der Waals surface area contributed by atoms with Gasteiger partial charge in [-0.05, 0) is 56.1 Å². The number of anilines is 1. The van der Waals surface area contributed by atoms with Crippen molar-refractivity contribution in [1.82, 2.24) is 0 Å². The Bertz CT molecular complexity index is 620. The zero-order valence-corrected chi connectivity index (χ0v) is 14.7. The SMILES string of the molecule is CCOc1ccc(C)cc1C(CN)Cc1ccc(N(C)C)cc1. The highest BCUT2D eigenvalue weighted by Crippen LogP contribution is 2.30. The average molecular weight is 312 g/mol. The van der Waals surface area contributed by atoms with Crippen molar-refractivity contribution in [1.29, 1.82) is 0 Å². The maximum atomic E-state index is 6.08. The second-order valence-electron chi connectivity index (χ2n) is 6.17. The summed E-state index contributed by atoms with van der Waals surface area (Å²) in [5.74, 6) is 1.22. The van der Waals surface area contributed by atoms with Crippen LogP contribution in [0, 0.1) is 6.92 Å². The number of hydrogen-bond donors (Lipinski definition) is 1. The number of nitrogens with two attached hydrogens (primary N) is 1. The Labute approximate surface area is 140 Å². The van der Waals surface area contributed by atoms with Gasteiger partial charge in [-0.15, -0.1) is 0 Å². The average Bonchev–Trinajstić information content (AvgIpc) is 2.55. The molecule has 1 unspecified atom stereocenters. The maximum absolute atomic E-state index is 6.08. The van der Waals surface area contributed by atoms with E-state index in [1.54, 1.807) is 0 Å². The smallest absolute Gasteiger partial charge is 0.122 e. The molecule has 0 heterocycles. The lowest BCUT2D eigenvalue weighted by molar-refractivity contribution is 0.334. The second-order valence-corrected chi connectivity index (χ2v) is 6.17. The third-order valence-electron chi connectivity index (χ3n) is 4.12. The molecule has 2 rings (SSSR count). The van der Waals surface area contributed by atoms with E-state index in [1.165, 1.54) is 22.4 Å². The predicted molar refractivity (Wildman–Crippen MR) is 98.6 cm³/mol. The van der Waals surface area contributed by atoms with Gasteiger partial charge in [-0.25, -0.2) is 0 Å². The number of hydrogen-bond acceptors (Lipinski definition) is 3. The van der Waals surface area contributed by atoms with Crippen LogP contribution in [0.3, 0.4) is 0 Å². The summed E-state index contributed by atoms with van der Waals surface area (Å²) in [5, 5.41) is 0. The fourth-order valence-electron chi connectivity index (χ4n) is 2.81. The van der Waals surface area contributed by atoms with Gasteiger partial charge in [0.25, 0.3) is 0 Å². The Kier molecular flexibility index (Phi) is 6.05. The molecule has 2 N–H and O–H groups in total. The Hall–Kier alpha value is -2.00. The van der Waals surface area contributed by atoms with Crippen molar-refractivity contribution in [2.45, 2.75) is 26.2 Å². The van der Waals surface area contributed by atoms with Gasteiger partial charge in [0.2, 0.25) is 0 Å². The normalized spacial score (nSPS) is 12.0. The van der Waals surface area contributed by atoms with E-state index in [0.29, 0.717) is 13.2 Å². The van der Waals surface area contributed by atoms with Crippen molar-refractivity contribution in [3.05, 3.63) is 59.2 Å². The van der Waals surface area contributed by atoms with E-state index in [9.17, 15) is 0 Å². The lowest BCUT2D eigenvalue weighted by Gasteiger charge is -2.20. The zero-order chi connectivity index (χ0) is 16.8. The molecule has 0 saturated heterocycles. The van der Waals surface area contributed by atoms with Gasteiger partial charge >= 0.3 is 0 Å². The van der Waals surface area contributed by atoms with Gasteiger partial charge in [0.15, 0.2) is 0 Å². The monoisotopic (exact) mass is 312 g/mol. The summed E-state index contributed by atoms with van der Waals surface area (Å²) in [6, 6.07) is 15.0. The van der Waals surface area contributed by atoms with Crippen molar-refractivity contribution in [3.8, 4) is 5.75 Å². The summed E-state index contributed by atoms with van der Waals surface area (Å²) >= 11 is 0. The molecule has 0 saturated carbocycles. The summed E-state index contributed by atoms with van der Waals surface area (Å²) in [6.45, 7) is 5.41. The zero-order valence-electron chi connectivity index (χ0n) is 14.7. The van der Waals surface area contributed by atoms with Gasteiger partial charge in [-0.2, -0.15) is 0 Å². The van der Waals surface area contributed by atoms with Crippen LogP contribution >= 0.6 is 0 Å². The lowest BCUT2D eigenvalue weighted by atomic mass is 9.90. The summed E-state index contributed by atoms with van der Waals surface area (Å²) in [7, 11) is 4.11. The van der Waals surface area contributed by atoms with Crippen molar-refractivity contribution in [3.63, 3.8) is 0 Å². The molecule has 0 aliphatic carbocycles. The number of benzene rings is 2. The molecule has 0 amide bonds. The molecule has 0 bridgehead atoms. The molecule has 2 aromatic rings. The van der Waals surface area contributed by atoms with Crippen LogP contribution in [0.2, 0.25) is 0 Å². The molecule has 0 aromatic heterocycles. The topological polar surface area (TPSA) is 38.5 Å². The summed E-state index contributed by atoms with van der Waals surface area (Å²) in [4.78, 5) is 2.11. The molecule has 2 aromatic carbocycles. The Morgan fingerprint density at radius 2 is 1.78 bits per heavy atom. The van der Waals surface area contributed by atoms with Crippen LogP contribution in [-0.4, -0.2) is 27.2 Å². The number of ether oxygens (including phenoxy) is 1. The minimum Gasteiger partial charge on any atom is -0.494 e. The lowest BCUT2D eigenvalue weighted by Crippen LogP contribution is -2.16. The minimum absolute atomic E-state index is 0.265. The molecule has 1 atom stereocenters. The van der Waals surface area contributed by atoms with E-state index in [-0.39, 0.29) is 5.92 Å². The Morgan fingerprint density at radius 3 is 2.35 bits per heavy atom. The van der Waals surface area contributed by atoms with Gasteiger partial charge < -0.3 is 15.4 Å². The van der Waals surface area contributed by atoms with E-state index in [1.807, 2.05) is 6.92 Å². The van der Waals surface area contributed by atoms with Crippen LogP contribution in [0.25, 0.3) is 0 Å². The Balaban J connectivity index is 2.24. The molecule has 0 radical (unpaired) electrons. The quantitative estimate of drug-likeness (QED) is 0.846. The standard InChI is InChI=1S/C20H28N2O/c1-5-23-20-11-6-15(2)12-19(20)17(14-21)13-16-7-9-18(10-8-16)22(3)4/h6-12,17H,5,13-14,21H2,1-4H3. The Morgan fingerprint density at radius 1 is 1.09 bits per heavy atom. The highest BCUT2D eigenvalue weighted by atomic mass is 16.5. The van der Waals surface area contributed by atoms with E-state index >= 15 is 0 Å². The first-order chi connectivity index (χ1) is 11.0. The summed E-state index contributed by atoms with van der Waals surface area (Å²) in [5.41, 5.74) is 11.0. The fraction of sp³-hybridized carbons (Fsp3) is 0.400. The van der Waals surface area contributed by atoms with Crippen LogP contribution in [0.15, 0.2) is 42.5 Å². The predicted octanol–water partition coefficient (Wildman–Crippen LogP) is 3.74. The van der Waals surface area contributed by atoms with Crippen LogP contribution in [0.4, 0.5) is 5.69 Å². The second kappa shape index (κ2) is 8.02. The maximum Gasteiger partial charge on any atom is 0.122 e. The molecule has 0 aliphatic heterocycles. The first-order valence-electron chi connectivity index (χ1n) is 8.24. The molecule has 0 fully saturated rings. The van der Waals surface area contributed by atoms with Crippen LogP contribution in [0.5, 0.6) is 5.75 Å². The highest BCUT2D eigenvalue weighted by molar-refractivity contribution is 5.47. The van der Waals surface area contributed by atoms with E-state index in [0.717, 1.165) is 12.2 Å². The fourth-order valence-corrected chi connectivity index (χ4v) is 2.81. The first-order valence-corrected chi connectivity index (χ1v) is 8.24. The van der Waals surface area contributed by atoms with E-state index in [4.69, 9.17) is 10.5 Å². The number of nitrogens with zero attached hydrogens (tertiary/aromatic N) is 1. The number of rotatable bonds is 7. The molecular weight excluding hydrogens is 284 g/mol. The van der Waals surface area contributed by atoms with Gasteiger partial charge in [-0.1, -0.05) is 29.8 Å². The van der Waals surface area contributed by atoms with Gasteiger partial charge in [0.05, 0.1) is 6.61 Å². The van der Waals surface area contributed by atoms with Crippen molar-refractivity contribution in [2.24, 2.45) is 5.73 Å². The van der Waals surface area contributed by atoms with Crippen molar-refractivity contribution < 1.29 is 4.74 Å². The summed E-state index contributed by atoms with van der Waals surface area (Å²) in [6.07, 6.45) is 0.924. The third-order valence-corrected chi connectivity index (χ3v) is 4.12.